The van der Waals surface area contributed by atoms with Gasteiger partial charge < -0.3 is 5.32 Å². The molecule has 0 aliphatic heterocycles. The Hall–Kier alpha value is -0.680. The van der Waals surface area contributed by atoms with E-state index in [4.69, 9.17) is 23.2 Å². The zero-order chi connectivity index (χ0) is 12.3. The number of nitrogens with one attached hydrogen (secondary N) is 1. The Kier molecular flexibility index (Phi) is 4.34. The number of hydrogen-bond donors (Lipinski definition) is 1. The molecule has 17 heavy (non-hydrogen) atoms. The van der Waals surface area contributed by atoms with Crippen LogP contribution in [0.5, 0.6) is 0 Å². The first-order chi connectivity index (χ1) is 8.20. The first kappa shape index (κ1) is 12.8. The van der Waals surface area contributed by atoms with Gasteiger partial charge in [0.2, 0.25) is 0 Å². The summed E-state index contributed by atoms with van der Waals surface area (Å²) in [5, 5.41) is 8.25. The lowest BCUT2D eigenvalue weighted by Gasteiger charge is -2.13. The molecule has 2 rings (SSSR count). The molecule has 1 atom stereocenters. The van der Waals surface area contributed by atoms with Crippen LogP contribution in [0.25, 0.3) is 0 Å². The van der Waals surface area contributed by atoms with Crippen molar-refractivity contribution >= 4 is 34.7 Å². The van der Waals surface area contributed by atoms with E-state index in [9.17, 15) is 0 Å². The van der Waals surface area contributed by atoms with Crippen LogP contribution in [0.15, 0.2) is 24.4 Å². The van der Waals surface area contributed by atoms with Crippen LogP contribution in [0.4, 0.5) is 0 Å². The monoisotopic (exact) mass is 287 g/mol. The molecule has 1 aromatic heterocycles. The molecule has 1 aromatic carbocycles. The normalized spacial score (nSPS) is 12.6. The second-order valence-electron chi connectivity index (χ2n) is 3.61. The fraction of sp³-hybridized carbons (Fsp3) is 0.273. The fourth-order valence-corrected chi connectivity index (χ4v) is 2.51. The number of aromatic nitrogens is 2. The van der Waals surface area contributed by atoms with E-state index in [2.05, 4.69) is 14.9 Å². The van der Waals surface area contributed by atoms with Crippen molar-refractivity contribution in [2.24, 2.45) is 0 Å². The molecule has 1 heterocycles. The van der Waals surface area contributed by atoms with E-state index in [1.165, 1.54) is 11.5 Å². The van der Waals surface area contributed by atoms with Crippen molar-refractivity contribution in [2.75, 3.05) is 7.05 Å². The zero-order valence-corrected chi connectivity index (χ0v) is 11.5. The Bertz CT molecular complexity index is 487. The molecular weight excluding hydrogens is 277 g/mol. The van der Waals surface area contributed by atoms with Crippen LogP contribution in [-0.2, 0) is 6.42 Å². The van der Waals surface area contributed by atoms with Gasteiger partial charge >= 0.3 is 0 Å². The van der Waals surface area contributed by atoms with Crippen LogP contribution >= 0.6 is 34.7 Å². The van der Waals surface area contributed by atoms with Gasteiger partial charge in [0.1, 0.15) is 0 Å². The summed E-state index contributed by atoms with van der Waals surface area (Å²) in [5.41, 5.74) is 1.13. The molecule has 0 fully saturated rings. The molecule has 0 aliphatic carbocycles. The highest BCUT2D eigenvalue weighted by molar-refractivity contribution is 7.05. The molecule has 0 amide bonds. The average molecular weight is 288 g/mol. The Morgan fingerprint density at radius 3 is 2.76 bits per heavy atom. The summed E-state index contributed by atoms with van der Waals surface area (Å²) in [7, 11) is 1.92. The van der Waals surface area contributed by atoms with E-state index in [0.29, 0.717) is 10.0 Å². The van der Waals surface area contributed by atoms with Gasteiger partial charge in [-0.15, -0.1) is 5.10 Å². The van der Waals surface area contributed by atoms with Crippen molar-refractivity contribution in [3.05, 3.63) is 44.9 Å². The fourth-order valence-electron chi connectivity index (χ4n) is 1.58. The number of rotatable bonds is 4. The van der Waals surface area contributed by atoms with Gasteiger partial charge in [0.25, 0.3) is 0 Å². The highest BCUT2D eigenvalue weighted by Gasteiger charge is 2.13. The van der Waals surface area contributed by atoms with Crippen molar-refractivity contribution in [1.82, 2.24) is 14.9 Å². The highest BCUT2D eigenvalue weighted by Crippen LogP contribution is 2.26. The zero-order valence-electron chi connectivity index (χ0n) is 9.15. The first-order valence-corrected chi connectivity index (χ1v) is 6.62. The quantitative estimate of drug-likeness (QED) is 0.937. The van der Waals surface area contributed by atoms with Crippen LogP contribution in [0, 0.1) is 0 Å². The second kappa shape index (κ2) is 5.78. The smallest absolute Gasteiger partial charge is 0.0669 e. The van der Waals surface area contributed by atoms with E-state index in [1.54, 1.807) is 6.20 Å². The summed E-state index contributed by atoms with van der Waals surface area (Å²) in [6, 6.07) is 5.89. The van der Waals surface area contributed by atoms with E-state index < -0.39 is 0 Å². The third kappa shape index (κ3) is 3.16. The van der Waals surface area contributed by atoms with Gasteiger partial charge in [-0.3, -0.25) is 0 Å². The van der Waals surface area contributed by atoms with E-state index in [0.717, 1.165) is 16.9 Å². The summed E-state index contributed by atoms with van der Waals surface area (Å²) < 4.78 is 3.87. The molecule has 0 saturated heterocycles. The van der Waals surface area contributed by atoms with Crippen molar-refractivity contribution in [3.8, 4) is 0 Å². The lowest BCUT2D eigenvalue weighted by molar-refractivity contribution is 0.601. The molecule has 0 radical (unpaired) electrons. The van der Waals surface area contributed by atoms with Gasteiger partial charge in [0.15, 0.2) is 0 Å². The summed E-state index contributed by atoms with van der Waals surface area (Å²) >= 11 is 13.3. The second-order valence-corrected chi connectivity index (χ2v) is 5.25. The summed E-state index contributed by atoms with van der Waals surface area (Å²) in [4.78, 5) is 1.11. The van der Waals surface area contributed by atoms with Gasteiger partial charge in [-0.1, -0.05) is 33.8 Å². The molecule has 0 bridgehead atoms. The van der Waals surface area contributed by atoms with E-state index in [-0.39, 0.29) is 6.04 Å². The highest BCUT2D eigenvalue weighted by atomic mass is 35.5. The van der Waals surface area contributed by atoms with Crippen molar-refractivity contribution in [3.63, 3.8) is 0 Å². The van der Waals surface area contributed by atoms with Crippen LogP contribution in [-0.4, -0.2) is 16.6 Å². The number of likely N-dealkylation sites (N-methyl/N-ethyl adjacent to an activating group) is 1. The van der Waals surface area contributed by atoms with Gasteiger partial charge in [-0.2, -0.15) is 0 Å². The van der Waals surface area contributed by atoms with Crippen LogP contribution in [0.3, 0.4) is 0 Å². The van der Waals surface area contributed by atoms with Gasteiger partial charge in [-0.05, 0) is 42.7 Å². The van der Waals surface area contributed by atoms with Gasteiger partial charge in [0.05, 0.1) is 21.1 Å². The predicted molar refractivity (Wildman–Crippen MR) is 71.9 cm³/mol. The third-order valence-corrected chi connectivity index (χ3v) is 4.01. The Balaban J connectivity index is 2.16. The van der Waals surface area contributed by atoms with Crippen LogP contribution < -0.4 is 5.32 Å². The van der Waals surface area contributed by atoms with Crippen LogP contribution in [0.1, 0.15) is 16.5 Å². The number of halogens is 2. The topological polar surface area (TPSA) is 37.8 Å². The lowest BCUT2D eigenvalue weighted by Crippen LogP contribution is -2.17. The summed E-state index contributed by atoms with van der Waals surface area (Å²) in [6.45, 7) is 0. The maximum atomic E-state index is 5.99. The minimum absolute atomic E-state index is 0.201. The maximum Gasteiger partial charge on any atom is 0.0669 e. The molecule has 0 spiro atoms. The molecule has 1 unspecified atom stereocenters. The molecule has 2 aromatic rings. The molecular formula is C11H11Cl2N3S. The minimum atomic E-state index is 0.201. The number of hydrogen-bond acceptors (Lipinski definition) is 4. The number of benzene rings is 1. The SMILES string of the molecule is CNC(Cc1ccc(Cl)c(Cl)c1)c1cnns1. The predicted octanol–water partition coefficient (Wildman–Crippen LogP) is 3.35. The lowest BCUT2D eigenvalue weighted by atomic mass is 10.1. The van der Waals surface area contributed by atoms with Crippen molar-refractivity contribution in [1.29, 1.82) is 0 Å². The maximum absolute atomic E-state index is 5.99. The Morgan fingerprint density at radius 1 is 1.35 bits per heavy atom. The molecule has 1 N–H and O–H groups in total. The largest absolute Gasteiger partial charge is 0.312 e. The van der Waals surface area contributed by atoms with E-state index >= 15 is 0 Å². The van der Waals surface area contributed by atoms with Gasteiger partial charge in [0, 0.05) is 6.04 Å². The molecule has 0 saturated carbocycles. The molecule has 6 heteroatoms. The first-order valence-electron chi connectivity index (χ1n) is 5.09. The van der Waals surface area contributed by atoms with Gasteiger partial charge in [-0.25, -0.2) is 0 Å². The molecule has 90 valence electrons. The van der Waals surface area contributed by atoms with Crippen LogP contribution in [0.2, 0.25) is 10.0 Å². The molecule has 3 nitrogen and oxygen atoms in total. The third-order valence-electron chi connectivity index (χ3n) is 2.49. The van der Waals surface area contributed by atoms with E-state index in [1.807, 2.05) is 25.2 Å². The van der Waals surface area contributed by atoms with Crippen molar-refractivity contribution in [2.45, 2.75) is 12.5 Å². The summed E-state index contributed by atoms with van der Waals surface area (Å²) in [6.07, 6.45) is 2.61. The number of nitrogens with zero attached hydrogens (tertiary/aromatic N) is 2. The standard InChI is InChI=1S/C11H11Cl2N3S/c1-14-10(11-6-15-16-17-11)5-7-2-3-8(12)9(13)4-7/h2-4,6,10,14H,5H2,1H3. The minimum Gasteiger partial charge on any atom is -0.312 e. The summed E-state index contributed by atoms with van der Waals surface area (Å²) in [5.74, 6) is 0. The Morgan fingerprint density at radius 2 is 2.18 bits per heavy atom. The van der Waals surface area contributed by atoms with Crippen molar-refractivity contribution < 1.29 is 0 Å². The average Bonchev–Trinajstić information content (AvgIpc) is 2.84. The Labute approximate surface area is 114 Å². The molecule has 0 aliphatic rings.